The number of aryl methyl sites for hydroxylation is 1. The van der Waals surface area contributed by atoms with E-state index in [1.807, 2.05) is 24.3 Å². The lowest BCUT2D eigenvalue weighted by Gasteiger charge is -2.05. The molecule has 33 heavy (non-hydrogen) atoms. The van der Waals surface area contributed by atoms with E-state index in [0.29, 0.717) is 21.6 Å². The van der Waals surface area contributed by atoms with Crippen LogP contribution in [0.2, 0.25) is 5.02 Å². The van der Waals surface area contributed by atoms with Crippen LogP contribution in [0.25, 0.3) is 11.0 Å². The highest BCUT2D eigenvalue weighted by molar-refractivity contribution is 9.10. The molecule has 0 aliphatic heterocycles. The third-order valence-corrected chi connectivity index (χ3v) is 6.20. The summed E-state index contributed by atoms with van der Waals surface area (Å²) in [6.45, 7) is 0.533. The first-order chi connectivity index (χ1) is 16.0. The SMILES string of the molecule is O=C(Nc1n[nH]c(C(=O)NCCCCCc2nc3ccccc3[nH]2)c1Br)c1ccccc1Cl. The van der Waals surface area contributed by atoms with Gasteiger partial charge >= 0.3 is 0 Å². The van der Waals surface area contributed by atoms with Crippen molar-refractivity contribution < 1.29 is 9.59 Å². The molecule has 0 unspecified atom stereocenters. The number of para-hydroxylation sites is 2. The van der Waals surface area contributed by atoms with Gasteiger partial charge in [-0.2, -0.15) is 5.10 Å². The minimum Gasteiger partial charge on any atom is -0.351 e. The van der Waals surface area contributed by atoms with Crippen molar-refractivity contribution in [2.75, 3.05) is 11.9 Å². The summed E-state index contributed by atoms with van der Waals surface area (Å²) in [5.41, 5.74) is 2.59. The molecule has 0 saturated carbocycles. The van der Waals surface area contributed by atoms with Crippen molar-refractivity contribution in [1.29, 1.82) is 0 Å². The lowest BCUT2D eigenvalue weighted by Crippen LogP contribution is -2.25. The number of fused-ring (bicyclic) bond motifs is 1. The predicted octanol–water partition coefficient (Wildman–Crippen LogP) is 5.10. The molecule has 4 rings (SSSR count). The maximum atomic E-state index is 12.5. The van der Waals surface area contributed by atoms with Crippen molar-refractivity contribution in [3.8, 4) is 0 Å². The van der Waals surface area contributed by atoms with Crippen LogP contribution < -0.4 is 10.6 Å². The zero-order valence-corrected chi connectivity index (χ0v) is 20.0. The molecule has 170 valence electrons. The summed E-state index contributed by atoms with van der Waals surface area (Å²) in [5.74, 6) is 0.484. The Morgan fingerprint density at radius 1 is 1.00 bits per heavy atom. The number of carbonyl (C=O) groups excluding carboxylic acids is 2. The lowest BCUT2D eigenvalue weighted by atomic mass is 10.2. The number of aromatic nitrogens is 4. The second-order valence-electron chi connectivity index (χ2n) is 7.46. The molecule has 0 atom stereocenters. The molecule has 0 saturated heterocycles. The number of nitrogens with zero attached hydrogens (tertiary/aromatic N) is 2. The van der Waals surface area contributed by atoms with Gasteiger partial charge in [0.2, 0.25) is 0 Å². The maximum Gasteiger partial charge on any atom is 0.270 e. The number of halogens is 2. The summed E-state index contributed by atoms with van der Waals surface area (Å²) in [5, 5.41) is 12.5. The number of anilines is 1. The Kier molecular flexibility index (Phi) is 7.41. The molecule has 0 radical (unpaired) electrons. The Morgan fingerprint density at radius 2 is 1.79 bits per heavy atom. The third-order valence-electron chi connectivity index (χ3n) is 5.10. The Morgan fingerprint density at radius 3 is 2.61 bits per heavy atom. The fourth-order valence-corrected chi connectivity index (χ4v) is 4.07. The van der Waals surface area contributed by atoms with Gasteiger partial charge in [-0.05, 0) is 53.0 Å². The average Bonchev–Trinajstić information content (AvgIpc) is 3.39. The molecule has 0 aliphatic rings. The number of rotatable bonds is 9. The number of nitrogens with one attached hydrogen (secondary N) is 4. The first kappa shape index (κ1) is 23.0. The fraction of sp³-hybridized carbons (Fsp3) is 0.217. The summed E-state index contributed by atoms with van der Waals surface area (Å²) in [7, 11) is 0. The van der Waals surface area contributed by atoms with Gasteiger partial charge in [0.25, 0.3) is 11.8 Å². The number of benzene rings is 2. The van der Waals surface area contributed by atoms with E-state index < -0.39 is 5.91 Å². The van der Waals surface area contributed by atoms with Crippen LogP contribution in [0.3, 0.4) is 0 Å². The fourth-order valence-electron chi connectivity index (χ4n) is 3.39. The maximum absolute atomic E-state index is 12.5. The average molecular weight is 530 g/mol. The van der Waals surface area contributed by atoms with Gasteiger partial charge in [-0.1, -0.05) is 42.3 Å². The van der Waals surface area contributed by atoms with Crippen molar-refractivity contribution in [2.45, 2.75) is 25.7 Å². The summed E-state index contributed by atoms with van der Waals surface area (Å²) in [4.78, 5) is 32.8. The van der Waals surface area contributed by atoms with E-state index in [-0.39, 0.29) is 17.4 Å². The second-order valence-corrected chi connectivity index (χ2v) is 8.66. The molecule has 0 fully saturated rings. The van der Waals surface area contributed by atoms with Gasteiger partial charge in [-0.15, -0.1) is 0 Å². The minimum atomic E-state index is -0.413. The number of amides is 2. The molecular formula is C23H22BrClN6O2. The largest absolute Gasteiger partial charge is 0.351 e. The number of hydrogen-bond acceptors (Lipinski definition) is 4. The summed E-state index contributed by atoms with van der Waals surface area (Å²) in [6.07, 6.45) is 3.64. The highest BCUT2D eigenvalue weighted by Gasteiger charge is 2.19. The quantitative estimate of drug-likeness (QED) is 0.226. The molecule has 2 aromatic carbocycles. The van der Waals surface area contributed by atoms with Crippen LogP contribution in [0.5, 0.6) is 0 Å². The first-order valence-corrected chi connectivity index (χ1v) is 11.7. The molecule has 0 bridgehead atoms. The smallest absolute Gasteiger partial charge is 0.270 e. The van der Waals surface area contributed by atoms with Gasteiger partial charge < -0.3 is 15.6 Å². The number of carbonyl (C=O) groups is 2. The van der Waals surface area contributed by atoms with Crippen LogP contribution in [-0.2, 0) is 6.42 Å². The Labute approximate surface area is 203 Å². The van der Waals surface area contributed by atoms with Crippen molar-refractivity contribution in [1.82, 2.24) is 25.5 Å². The molecule has 0 aliphatic carbocycles. The van der Waals surface area contributed by atoms with Crippen LogP contribution in [0.15, 0.2) is 53.0 Å². The highest BCUT2D eigenvalue weighted by Crippen LogP contribution is 2.25. The number of aromatic amines is 2. The van der Waals surface area contributed by atoms with Crippen molar-refractivity contribution >= 4 is 56.2 Å². The van der Waals surface area contributed by atoms with E-state index in [2.05, 4.69) is 46.7 Å². The minimum absolute atomic E-state index is 0.218. The second kappa shape index (κ2) is 10.6. The van der Waals surface area contributed by atoms with Gasteiger partial charge in [0, 0.05) is 13.0 Å². The summed E-state index contributed by atoms with van der Waals surface area (Å²) >= 11 is 9.39. The molecule has 8 nitrogen and oxygen atoms in total. The van der Waals surface area contributed by atoms with Gasteiger partial charge in [0.1, 0.15) is 11.5 Å². The van der Waals surface area contributed by atoms with E-state index in [4.69, 9.17) is 11.6 Å². The zero-order valence-electron chi connectivity index (χ0n) is 17.6. The van der Waals surface area contributed by atoms with Gasteiger partial charge in [0.15, 0.2) is 5.82 Å². The molecule has 2 aromatic heterocycles. The topological polar surface area (TPSA) is 116 Å². The van der Waals surface area contributed by atoms with Crippen LogP contribution in [-0.4, -0.2) is 38.5 Å². The van der Waals surface area contributed by atoms with Crippen molar-refractivity contribution in [3.63, 3.8) is 0 Å². The number of H-pyrrole nitrogens is 2. The molecule has 4 aromatic rings. The predicted molar refractivity (Wildman–Crippen MR) is 132 cm³/mol. The molecule has 2 amide bonds. The first-order valence-electron chi connectivity index (χ1n) is 10.5. The van der Waals surface area contributed by atoms with E-state index in [0.717, 1.165) is 42.5 Å². The van der Waals surface area contributed by atoms with Crippen LogP contribution in [0.4, 0.5) is 5.82 Å². The van der Waals surface area contributed by atoms with Gasteiger partial charge in [-0.3, -0.25) is 14.7 Å². The van der Waals surface area contributed by atoms with Gasteiger partial charge in [-0.25, -0.2) is 4.98 Å². The Hall–Kier alpha value is -3.17. The van der Waals surface area contributed by atoms with Crippen molar-refractivity contribution in [2.24, 2.45) is 0 Å². The van der Waals surface area contributed by atoms with Crippen LogP contribution >= 0.6 is 27.5 Å². The Bertz CT molecular complexity index is 1250. The number of hydrogen-bond donors (Lipinski definition) is 4. The normalized spacial score (nSPS) is 11.0. The van der Waals surface area contributed by atoms with Crippen LogP contribution in [0.1, 0.15) is 45.9 Å². The summed E-state index contributed by atoms with van der Waals surface area (Å²) < 4.78 is 0.380. The molecule has 4 N–H and O–H groups in total. The standard InChI is InChI=1S/C23H22BrClN6O2/c24-19-20(30-31-21(19)29-22(32)14-8-3-4-9-15(14)25)23(33)26-13-7-1-2-12-18-27-16-10-5-6-11-17(16)28-18/h3-6,8-11H,1-2,7,12-13H2,(H,26,33)(H,27,28)(H2,29,30,31,32). The van der Waals surface area contributed by atoms with Crippen molar-refractivity contribution in [3.05, 3.63) is 75.1 Å². The third kappa shape index (κ3) is 5.61. The number of imidazole rings is 1. The van der Waals surface area contributed by atoms with E-state index >= 15 is 0 Å². The number of unbranched alkanes of at least 4 members (excludes halogenated alkanes) is 2. The van der Waals surface area contributed by atoms with E-state index in [1.54, 1.807) is 24.3 Å². The lowest BCUT2D eigenvalue weighted by molar-refractivity contribution is 0.0946. The van der Waals surface area contributed by atoms with Gasteiger partial charge in [0.05, 0.1) is 26.1 Å². The zero-order chi connectivity index (χ0) is 23.2. The summed E-state index contributed by atoms with van der Waals surface area (Å²) in [6, 6.07) is 14.7. The molecule has 2 heterocycles. The van der Waals surface area contributed by atoms with E-state index in [1.165, 1.54) is 0 Å². The molecular weight excluding hydrogens is 508 g/mol. The molecule has 0 spiro atoms. The monoisotopic (exact) mass is 528 g/mol. The Balaban J connectivity index is 1.21. The molecule has 10 heteroatoms. The highest BCUT2D eigenvalue weighted by atomic mass is 79.9. The van der Waals surface area contributed by atoms with E-state index in [9.17, 15) is 9.59 Å². The van der Waals surface area contributed by atoms with Crippen LogP contribution in [0, 0.1) is 0 Å².